The van der Waals surface area contributed by atoms with Gasteiger partial charge in [-0.3, -0.25) is 0 Å². The van der Waals surface area contributed by atoms with Gasteiger partial charge in [-0.1, -0.05) is 0 Å². The molecule has 0 aromatic heterocycles. The molecule has 0 aromatic rings. The summed E-state index contributed by atoms with van der Waals surface area (Å²) in [5, 5.41) is -22.0. The van der Waals surface area contributed by atoms with E-state index >= 15 is 0 Å². The predicted octanol–water partition coefficient (Wildman–Crippen LogP) is 2.48. The molecule has 0 saturated heterocycles. The molecule has 0 spiro atoms. The van der Waals surface area contributed by atoms with Crippen molar-refractivity contribution in [3.8, 4) is 0 Å². The van der Waals surface area contributed by atoms with Gasteiger partial charge in [0.05, 0.1) is 0 Å². The lowest BCUT2D eigenvalue weighted by Gasteiger charge is -2.24. The zero-order valence-corrected chi connectivity index (χ0v) is 17.7. The average molecular weight is 624 g/mol. The van der Waals surface area contributed by atoms with Gasteiger partial charge < -0.3 is 9.70 Å². The fourth-order valence-corrected chi connectivity index (χ4v) is 7.00. The normalized spacial score (nSPS) is 16.0. The van der Waals surface area contributed by atoms with E-state index in [0.29, 0.717) is 0 Å². The van der Waals surface area contributed by atoms with Crippen LogP contribution in [0.2, 0.25) is 0 Å². The first kappa shape index (κ1) is 33.2. The van der Waals surface area contributed by atoms with Gasteiger partial charge in [-0.15, -0.1) is 0 Å². The summed E-state index contributed by atoms with van der Waals surface area (Å²) >= 11 is -7.33. The third-order valence-electron chi connectivity index (χ3n) is 2.55. The van der Waals surface area contributed by atoms with Crippen molar-refractivity contribution in [2.75, 3.05) is 0 Å². The summed E-state index contributed by atoms with van der Waals surface area (Å²) in [5.41, 5.74) is 0. The summed E-state index contributed by atoms with van der Waals surface area (Å²) in [6, 6.07) is 0. The number of halogens is 15. The van der Waals surface area contributed by atoms with Gasteiger partial charge in [-0.05, 0) is 0 Å². The molecule has 204 valence electrons. The third-order valence-corrected chi connectivity index (χ3v) is 10.1. The van der Waals surface area contributed by atoms with Gasteiger partial charge in [-0.25, -0.2) is 0 Å². The van der Waals surface area contributed by atoms with Crippen LogP contribution in [0.1, 0.15) is 0 Å². The lowest BCUT2D eigenvalue weighted by atomic mass is 10.7. The zero-order chi connectivity index (χ0) is 28.2. The lowest BCUT2D eigenvalue weighted by Crippen LogP contribution is -2.53. The van der Waals surface area contributed by atoms with Crippen LogP contribution in [-0.2, 0) is 40.1 Å². The summed E-state index contributed by atoms with van der Waals surface area (Å²) < 4.78 is 259. The monoisotopic (exact) mass is 624 g/mol. The molecule has 0 heterocycles. The van der Waals surface area contributed by atoms with Crippen LogP contribution in [0, 0.1) is 0 Å². The SMILES string of the molecule is O=S(=O)([O][Al]([O]S(=O)(=O)C(F)(F)C(F)(F)F)[O]S(=O)(=O)C(F)(F)C(F)(F)F)C(F)(F)C(F)(F)F. The highest BCUT2D eigenvalue weighted by Gasteiger charge is 2.75. The minimum atomic E-state index is -8.05. The first-order valence-corrected chi connectivity index (χ1v) is 12.0. The first-order chi connectivity index (χ1) is 14.3. The second kappa shape index (κ2) is 8.95. The molecule has 0 atom stereocenters. The van der Waals surface area contributed by atoms with Crippen molar-refractivity contribution in [1.29, 1.82) is 0 Å². The zero-order valence-electron chi connectivity index (χ0n) is 14.1. The Morgan fingerprint density at radius 3 is 0.647 bits per heavy atom. The Morgan fingerprint density at radius 2 is 0.529 bits per heavy atom. The molecule has 0 aromatic carbocycles. The molecule has 0 amide bonds. The van der Waals surface area contributed by atoms with Gasteiger partial charge in [0.25, 0.3) is 0 Å². The van der Waals surface area contributed by atoms with Crippen LogP contribution < -0.4 is 0 Å². The molecule has 0 bridgehead atoms. The van der Waals surface area contributed by atoms with Crippen LogP contribution >= 0.6 is 0 Å². The molecule has 0 aliphatic rings. The van der Waals surface area contributed by atoms with Gasteiger partial charge in [0, 0.05) is 0 Å². The molecule has 34 heavy (non-hydrogen) atoms. The maximum atomic E-state index is 12.9. The molecule has 0 rings (SSSR count). The van der Waals surface area contributed by atoms with Crippen LogP contribution in [0.5, 0.6) is 0 Å². The van der Waals surface area contributed by atoms with E-state index in [-0.39, 0.29) is 0 Å². The van der Waals surface area contributed by atoms with E-state index in [9.17, 15) is 91.1 Å². The van der Waals surface area contributed by atoms with E-state index in [0.717, 1.165) is 0 Å². The second-order valence-corrected chi connectivity index (χ2v) is 12.1. The van der Waals surface area contributed by atoms with Gasteiger partial charge in [0.2, 0.25) is 0 Å². The Balaban J connectivity index is 6.75. The first-order valence-electron chi connectivity index (χ1n) is 6.40. The number of alkyl halides is 15. The average Bonchev–Trinajstić information content (AvgIpc) is 2.49. The molecular formula is C6AlF15O9S3. The van der Waals surface area contributed by atoms with Crippen LogP contribution in [0.3, 0.4) is 0 Å². The highest BCUT2D eigenvalue weighted by Crippen LogP contribution is 2.45. The van der Waals surface area contributed by atoms with Crippen LogP contribution in [0.4, 0.5) is 65.9 Å². The van der Waals surface area contributed by atoms with Gasteiger partial charge in [-0.2, -0.15) is 91.1 Å². The van der Waals surface area contributed by atoms with Crippen molar-refractivity contribution >= 4 is 45.5 Å². The van der Waals surface area contributed by atoms with Crippen molar-refractivity contribution in [3.05, 3.63) is 0 Å². The standard InChI is InChI=1S/3C2HF5O3S.Al/c3*3-1(4,5)2(6,7)11(8,9)10;/h3*(H,8,9,10);/q;;;+3/p-3. The van der Waals surface area contributed by atoms with Gasteiger partial charge >= 0.3 is 79.8 Å². The summed E-state index contributed by atoms with van der Waals surface area (Å²) in [6.45, 7) is 0. The van der Waals surface area contributed by atoms with Crippen molar-refractivity contribution in [2.45, 2.75) is 34.3 Å². The van der Waals surface area contributed by atoms with Crippen LogP contribution in [-0.4, -0.2) is 74.7 Å². The summed E-state index contributed by atoms with van der Waals surface area (Å²) in [4.78, 5) is 0. The molecule has 0 radical (unpaired) electrons. The van der Waals surface area contributed by atoms with Crippen LogP contribution in [0.25, 0.3) is 0 Å². The predicted molar refractivity (Wildman–Crippen MR) is 68.8 cm³/mol. The number of hydrogen-bond acceptors (Lipinski definition) is 9. The molecular weight excluding hydrogens is 624 g/mol. The largest absolute Gasteiger partial charge is 0.951 e. The van der Waals surface area contributed by atoms with E-state index < -0.39 is 79.8 Å². The van der Waals surface area contributed by atoms with E-state index in [1.54, 1.807) is 0 Å². The van der Waals surface area contributed by atoms with Crippen molar-refractivity contribution in [3.63, 3.8) is 0 Å². The van der Waals surface area contributed by atoms with Crippen molar-refractivity contribution in [2.24, 2.45) is 0 Å². The molecule has 28 heteroatoms. The Kier molecular flexibility index (Phi) is 8.74. The van der Waals surface area contributed by atoms with E-state index in [1.807, 2.05) is 0 Å². The summed E-state index contributed by atoms with van der Waals surface area (Å²) in [5.74, 6) is 0. The molecule has 9 nitrogen and oxygen atoms in total. The fraction of sp³-hybridized carbons (Fsp3) is 1.00. The minimum Gasteiger partial charge on any atom is -0.337 e. The second-order valence-electron chi connectivity index (χ2n) is 4.98. The summed E-state index contributed by atoms with van der Waals surface area (Å²) in [7, 11) is -24.2. The maximum Gasteiger partial charge on any atom is 0.951 e. The lowest BCUT2D eigenvalue weighted by molar-refractivity contribution is -0.244. The van der Waals surface area contributed by atoms with Crippen molar-refractivity contribution < 1.29 is 101 Å². The number of hydrogen-bond donors (Lipinski definition) is 0. The molecule has 0 aliphatic heterocycles. The molecule has 0 N–H and O–H groups in total. The van der Waals surface area contributed by atoms with Gasteiger partial charge in [0.1, 0.15) is 0 Å². The molecule has 0 unspecified atom stereocenters. The smallest absolute Gasteiger partial charge is 0.337 e. The Hall–Kier alpha value is -0.788. The Morgan fingerprint density at radius 1 is 0.382 bits per heavy atom. The number of rotatable bonds is 9. The third kappa shape index (κ3) is 6.12. The summed E-state index contributed by atoms with van der Waals surface area (Å²) in [6.07, 6.45) is -22.0. The molecule has 0 fully saturated rings. The van der Waals surface area contributed by atoms with E-state index in [4.69, 9.17) is 0 Å². The fourth-order valence-electron chi connectivity index (χ4n) is 0.965. The van der Waals surface area contributed by atoms with Gasteiger partial charge in [0.15, 0.2) is 0 Å². The van der Waals surface area contributed by atoms with Crippen LogP contribution in [0.15, 0.2) is 0 Å². The van der Waals surface area contributed by atoms with Crippen molar-refractivity contribution in [1.82, 2.24) is 0 Å². The van der Waals surface area contributed by atoms with E-state index in [2.05, 4.69) is 9.70 Å². The maximum absolute atomic E-state index is 12.9. The Bertz CT molecular complexity index is 930. The minimum absolute atomic E-state index is 2.35. The highest BCUT2D eigenvalue weighted by molar-refractivity contribution is 7.91. The topological polar surface area (TPSA) is 130 Å². The molecule has 0 saturated carbocycles. The Labute approximate surface area is 181 Å². The highest BCUT2D eigenvalue weighted by atomic mass is 32.2. The quantitative estimate of drug-likeness (QED) is 0.281. The molecule has 0 aliphatic carbocycles. The van der Waals surface area contributed by atoms with E-state index in [1.165, 1.54) is 0 Å².